The summed E-state index contributed by atoms with van der Waals surface area (Å²) in [6, 6.07) is 23.6. The number of hydrogen-bond donors (Lipinski definition) is 15. The number of hydrazine groups is 4. The predicted molar refractivity (Wildman–Crippen MR) is 500 cm³/mol. The zero-order valence-corrected chi connectivity index (χ0v) is 79.5. The van der Waals surface area contributed by atoms with Gasteiger partial charge >= 0.3 is 0 Å². The molecule has 34 nitrogen and oxygen atoms in total. The van der Waals surface area contributed by atoms with Gasteiger partial charge in [0.1, 0.15) is 60.7 Å². The summed E-state index contributed by atoms with van der Waals surface area (Å²) in [5, 5.41) is 80.9. The molecule has 0 bridgehead atoms. The Morgan fingerprint density at radius 3 is 1.90 bits per heavy atom. The molecule has 13 rings (SSSR count). The second-order valence-electron chi connectivity index (χ2n) is 39.4. The van der Waals surface area contributed by atoms with Crippen LogP contribution >= 0.6 is 0 Å². The van der Waals surface area contributed by atoms with Crippen LogP contribution in [-0.4, -0.2) is 240 Å². The average molecular weight is 1880 g/mol. The first kappa shape index (κ1) is 103. The maximum atomic E-state index is 15.0. The highest BCUT2D eigenvalue weighted by Crippen LogP contribution is 2.60. The SMILES string of the molecule is CC(C)[C@H](NC(=O)[C@@H](CCCCNC(=O)COC1CCCCCC2=C1NNN2[C@@H]1O[C@H](CO)[C@H](O)[C@H](O)[C@H]1O)NC(=O)CCOCCOCCOCCOCCCC(=O)CCC(=O)N1Cc2ccccc2C2=C(NNN2C)c2ccccc21)C(=O)C[C@@H](C)C(=O)N[C@@H](CO)C(=O)Cc1ccc2c(c1)[C@@]1(C)CCC[C@](C)(C(=O)NC(=O)[C@@]3(C)CCC[C@]4(C)c5cc(O)ccc5CC[C@@H]34)[C@@H]1CC2. The Labute approximate surface area is 790 Å². The van der Waals surface area contributed by atoms with Crippen molar-refractivity contribution >= 4 is 75.8 Å². The van der Waals surface area contributed by atoms with Gasteiger partial charge < -0.3 is 96.1 Å². The number of nitrogens with one attached hydrogen (secondary N) is 9. The van der Waals surface area contributed by atoms with Crippen molar-refractivity contribution in [1.82, 2.24) is 58.5 Å². The molecule has 1 saturated heterocycles. The lowest BCUT2D eigenvalue weighted by atomic mass is 9.49. The van der Waals surface area contributed by atoms with Crippen LogP contribution in [0.3, 0.4) is 0 Å². The van der Waals surface area contributed by atoms with Crippen LogP contribution in [0.15, 0.2) is 96.3 Å². The Balaban J connectivity index is 0.552. The second-order valence-corrected chi connectivity index (χ2v) is 39.4. The molecule has 0 radical (unpaired) electrons. The van der Waals surface area contributed by atoms with E-state index in [4.69, 9.17) is 28.4 Å². The number of anilines is 1. The third kappa shape index (κ3) is 24.0. The number of rotatable bonds is 44. The van der Waals surface area contributed by atoms with E-state index in [-0.39, 0.29) is 138 Å². The number of fused-ring (bicyclic) bond motifs is 10. The van der Waals surface area contributed by atoms with Crippen LogP contribution in [0.25, 0.3) is 11.4 Å². The van der Waals surface area contributed by atoms with Crippen LogP contribution in [0, 0.1) is 34.5 Å². The number of phenols is 1. The Bertz CT molecular complexity index is 4950. The molecule has 1 unspecified atom stereocenters. The van der Waals surface area contributed by atoms with Crippen molar-refractivity contribution in [1.29, 1.82) is 0 Å². The highest BCUT2D eigenvalue weighted by molar-refractivity contribution is 6.04. The maximum absolute atomic E-state index is 15.0. The van der Waals surface area contributed by atoms with Gasteiger partial charge in [-0.05, 0) is 176 Å². The molecule has 3 fully saturated rings. The Kier molecular flexibility index (Phi) is 35.5. The fourth-order valence-electron chi connectivity index (χ4n) is 22.3. The van der Waals surface area contributed by atoms with Gasteiger partial charge in [0.2, 0.25) is 41.4 Å². The molecule has 4 heterocycles. The maximum Gasteiger partial charge on any atom is 0.246 e. The van der Waals surface area contributed by atoms with E-state index in [2.05, 4.69) is 62.4 Å². The molecule has 135 heavy (non-hydrogen) atoms. The Hall–Kier alpha value is -9.66. The van der Waals surface area contributed by atoms with Crippen molar-refractivity contribution in [2.45, 2.75) is 281 Å². The van der Waals surface area contributed by atoms with Crippen LogP contribution in [0.5, 0.6) is 5.75 Å². The van der Waals surface area contributed by atoms with Gasteiger partial charge in [0, 0.05) is 75.8 Å². The van der Waals surface area contributed by atoms with Gasteiger partial charge in [-0.1, -0.05) is 141 Å². The van der Waals surface area contributed by atoms with E-state index >= 15 is 0 Å². The first-order valence-electron chi connectivity index (χ1n) is 48.7. The summed E-state index contributed by atoms with van der Waals surface area (Å²) in [4.78, 5) is 143. The Morgan fingerprint density at radius 2 is 1.23 bits per heavy atom. The molecule has 0 aromatic heterocycles. The summed E-state index contributed by atoms with van der Waals surface area (Å²) in [7, 11) is 1.94. The first-order valence-corrected chi connectivity index (χ1v) is 48.7. The van der Waals surface area contributed by atoms with Crippen LogP contribution in [-0.2, 0) is 113 Å². The molecule has 4 aromatic rings. The molecule has 2 saturated carbocycles. The third-order valence-corrected chi connectivity index (χ3v) is 29.8. The van der Waals surface area contributed by atoms with Gasteiger partial charge in [-0.25, -0.2) is 0 Å². The molecular weight excluding hydrogens is 1730 g/mol. The molecule has 4 aromatic carbocycles. The van der Waals surface area contributed by atoms with Crippen LogP contribution in [0.4, 0.5) is 5.69 Å². The summed E-state index contributed by atoms with van der Waals surface area (Å²) in [6.45, 7) is 14.0. The number of para-hydroxylation sites is 1. The molecule has 34 heteroatoms. The van der Waals surface area contributed by atoms with Crippen LogP contribution in [0.2, 0.25) is 0 Å². The molecule has 9 aliphatic rings. The smallest absolute Gasteiger partial charge is 0.246 e. The number of aromatic hydroxyl groups is 1. The van der Waals surface area contributed by atoms with E-state index in [1.165, 1.54) is 17.5 Å². The average Bonchev–Trinajstić information content (AvgIpc) is 1.28. The van der Waals surface area contributed by atoms with Crippen molar-refractivity contribution in [3.63, 3.8) is 0 Å². The second kappa shape index (κ2) is 46.7. The summed E-state index contributed by atoms with van der Waals surface area (Å²) in [6.07, 6.45) is 4.28. The number of amides is 7. The number of nitrogens with zero attached hydrogens (tertiary/aromatic N) is 3. The number of Topliss-reactive ketones (excluding diaryl/α,β-unsaturated/α-hetero) is 3. The van der Waals surface area contributed by atoms with E-state index in [0.717, 1.165) is 115 Å². The van der Waals surface area contributed by atoms with Crippen molar-refractivity contribution < 1.29 is 107 Å². The van der Waals surface area contributed by atoms with Gasteiger partial charge in [-0.3, -0.25) is 63.3 Å². The normalized spacial score (nSPS) is 26.0. The summed E-state index contributed by atoms with van der Waals surface area (Å²) in [5.41, 5.74) is 21.8. The number of carbonyl (C=O) groups is 10. The number of allylic oxidation sites excluding steroid dienone is 1. The molecule has 5 aliphatic carbocycles. The lowest BCUT2D eigenvalue weighted by Gasteiger charge is -2.56. The molecule has 738 valence electrons. The third-order valence-electron chi connectivity index (χ3n) is 29.8. The number of hydrogen-bond acceptors (Lipinski definition) is 28. The lowest BCUT2D eigenvalue weighted by molar-refractivity contribution is -0.266. The van der Waals surface area contributed by atoms with E-state index in [1.807, 2.05) is 105 Å². The van der Waals surface area contributed by atoms with E-state index in [1.54, 1.807) is 24.8 Å². The summed E-state index contributed by atoms with van der Waals surface area (Å²) < 4.78 is 34.9. The van der Waals surface area contributed by atoms with E-state index in [9.17, 15) is 78.6 Å². The molecule has 7 amide bonds. The number of carbonyl (C=O) groups excluding carboxylic acids is 10. The number of phenolic OH excluding ortho intramolecular Hbond substituents is 1. The highest BCUT2D eigenvalue weighted by atomic mass is 16.6. The minimum atomic E-state index is -1.60. The predicted octanol–water partition coefficient (Wildman–Crippen LogP) is 6.45. The first-order chi connectivity index (χ1) is 64.8. The minimum Gasteiger partial charge on any atom is -0.508 e. The number of benzene rings is 4. The highest BCUT2D eigenvalue weighted by Gasteiger charge is 2.59. The summed E-state index contributed by atoms with van der Waals surface area (Å²) >= 11 is 0. The fraction of sp³-hybridized carbons (Fsp3) is 0.624. The van der Waals surface area contributed by atoms with Gasteiger partial charge in [-0.2, -0.15) is 0 Å². The van der Waals surface area contributed by atoms with Gasteiger partial charge in [0.25, 0.3) is 0 Å². The fourth-order valence-corrected chi connectivity index (χ4v) is 22.3. The van der Waals surface area contributed by atoms with Gasteiger partial charge in [-0.15, -0.1) is 11.1 Å². The number of aryl methyl sites for hydroxylation is 2. The zero-order valence-electron chi connectivity index (χ0n) is 79.5. The lowest BCUT2D eigenvalue weighted by Crippen LogP contribution is -2.64. The standard InChI is InChI=1S/C101H142N12O22/c1-61(2)86(78(119)53-62(3)93(126)104-74(58-114)77(118)55-63-29-30-64-32-36-81-98(4,71(64)54-63)40-19-42-100(81,6)96(128)106-97(129)101(7)43-20-41-99(5)72-56-68(117)34-31-65(72)33-37-82(99)101)105-94(127)73(25-16-17-44-102-84(121)60-134-79-28-11-9-10-27-76-88(79)108-110-113(76)95-92(125)91(124)90(123)80(59-115)135-95)103-83(120)39-46-131-48-50-133-52-51-132-49-47-130-45-18-22-67(116)35-38-85(122)112-57-66-21-12-13-23-69(66)89-87(107-109-111(89)8)70-24-14-15-26-75(70)112/h12-15,21,23-24,26,29-31,34,54,56,61-62,73-74,79-82,86,90-92,95,107-110,114-115,117,123-125H,9-11,16-20,22,25,27-28,32-33,35-53,55,57-60H2,1-8H3,(H,102,121)(H,103,120)(H,104,126)(H,105,127)(H,106,128,129)/t62-,73-,74+,79?,80-,81-,82-,86+,90+,91+,92-,95-,98-,99-,100+,101+/m1/s1. The number of imide groups is 1. The number of ketones is 3. The quantitative estimate of drug-likeness (QED) is 0.0167. The van der Waals surface area contributed by atoms with Crippen molar-refractivity contribution in [3.8, 4) is 5.75 Å². The molecule has 15 N–H and O–H groups in total. The monoisotopic (exact) mass is 1880 g/mol. The van der Waals surface area contributed by atoms with Crippen molar-refractivity contribution in [3.05, 3.63) is 141 Å². The topological polar surface area (TPSA) is 465 Å². The zero-order chi connectivity index (χ0) is 96.5. The van der Waals surface area contributed by atoms with E-state index in [0.29, 0.717) is 94.7 Å². The molecule has 4 aliphatic heterocycles. The van der Waals surface area contributed by atoms with Gasteiger partial charge in [0.05, 0.1) is 111 Å². The molecular formula is C101H142N12O22. The number of unbranched alkanes of at least 4 members (excludes halogenated alkanes) is 1. The number of aliphatic hydroxyl groups is 5. The van der Waals surface area contributed by atoms with Crippen LogP contribution in [0.1, 0.15) is 234 Å². The molecule has 16 atom stereocenters. The van der Waals surface area contributed by atoms with Crippen molar-refractivity contribution in [2.24, 2.45) is 34.5 Å². The molecule has 0 spiro atoms. The number of ether oxygens (including phenoxy) is 6. The van der Waals surface area contributed by atoms with E-state index < -0.39 is 131 Å². The Morgan fingerprint density at radius 1 is 0.585 bits per heavy atom. The van der Waals surface area contributed by atoms with Crippen LogP contribution < -0.4 is 53.4 Å². The largest absolute Gasteiger partial charge is 0.508 e. The van der Waals surface area contributed by atoms with Gasteiger partial charge in [0.15, 0.2) is 17.8 Å². The summed E-state index contributed by atoms with van der Waals surface area (Å²) in [5.74, 6) is -5.44. The number of aliphatic hydroxyl groups excluding tert-OH is 5. The van der Waals surface area contributed by atoms with Crippen molar-refractivity contribution in [2.75, 3.05) is 91.2 Å². The minimum absolute atomic E-state index is 0.0254.